The van der Waals surface area contributed by atoms with Crippen molar-refractivity contribution < 1.29 is 8.78 Å². The van der Waals surface area contributed by atoms with Gasteiger partial charge in [-0.25, -0.2) is 8.78 Å². The minimum absolute atomic E-state index is 0.266. The third kappa shape index (κ3) is 4.56. The average Bonchev–Trinajstić information content (AvgIpc) is 2.26. The molecule has 18 heavy (non-hydrogen) atoms. The molecule has 5 heteroatoms. The molecule has 0 unspecified atom stereocenters. The van der Waals surface area contributed by atoms with Crippen molar-refractivity contribution in [2.45, 2.75) is 39.8 Å². The van der Waals surface area contributed by atoms with Gasteiger partial charge in [0.2, 0.25) is 0 Å². The molecule has 0 aromatic carbocycles. The molecule has 102 valence electrons. The monoisotopic (exact) mass is 257 g/mol. The molecule has 0 atom stereocenters. The van der Waals surface area contributed by atoms with E-state index < -0.39 is 6.43 Å². The molecule has 1 N–H and O–H groups in total. The van der Waals surface area contributed by atoms with Crippen molar-refractivity contribution in [1.82, 2.24) is 10.3 Å². The van der Waals surface area contributed by atoms with Crippen LogP contribution in [-0.4, -0.2) is 31.0 Å². The van der Waals surface area contributed by atoms with Crippen LogP contribution in [0.25, 0.3) is 0 Å². The molecule has 0 radical (unpaired) electrons. The Hall–Kier alpha value is -1.23. The van der Waals surface area contributed by atoms with E-state index in [1.165, 1.54) is 0 Å². The van der Waals surface area contributed by atoms with E-state index in [0.29, 0.717) is 12.6 Å². The number of anilines is 1. The fraction of sp³-hybridized carbons (Fsp3) is 0.615. The second-order valence-corrected chi connectivity index (χ2v) is 4.76. The smallest absolute Gasteiger partial charge is 0.255 e. The van der Waals surface area contributed by atoms with Crippen LogP contribution < -0.4 is 10.2 Å². The maximum Gasteiger partial charge on any atom is 0.255 e. The number of aromatic nitrogens is 1. The van der Waals surface area contributed by atoms with Crippen molar-refractivity contribution in [3.8, 4) is 0 Å². The summed E-state index contributed by atoms with van der Waals surface area (Å²) in [5.74, 6) is 0. The van der Waals surface area contributed by atoms with Gasteiger partial charge in [-0.2, -0.15) is 0 Å². The van der Waals surface area contributed by atoms with Crippen molar-refractivity contribution >= 4 is 5.69 Å². The Labute approximate surface area is 107 Å². The van der Waals surface area contributed by atoms with Gasteiger partial charge in [-0.05, 0) is 13.0 Å². The van der Waals surface area contributed by atoms with Gasteiger partial charge >= 0.3 is 0 Å². The zero-order chi connectivity index (χ0) is 13.7. The molecule has 1 aromatic heterocycles. The summed E-state index contributed by atoms with van der Waals surface area (Å²) >= 11 is 0. The number of hydrogen-bond donors (Lipinski definition) is 1. The van der Waals surface area contributed by atoms with Gasteiger partial charge in [0.25, 0.3) is 6.43 Å². The van der Waals surface area contributed by atoms with Crippen LogP contribution in [0.15, 0.2) is 12.3 Å². The van der Waals surface area contributed by atoms with E-state index in [-0.39, 0.29) is 6.54 Å². The second kappa shape index (κ2) is 6.64. The maximum atomic E-state index is 12.4. The lowest BCUT2D eigenvalue weighted by molar-refractivity contribution is 0.156. The topological polar surface area (TPSA) is 28.2 Å². The fourth-order valence-electron chi connectivity index (χ4n) is 1.68. The van der Waals surface area contributed by atoms with E-state index in [9.17, 15) is 8.78 Å². The second-order valence-electron chi connectivity index (χ2n) is 4.76. The summed E-state index contributed by atoms with van der Waals surface area (Å²) < 4.78 is 24.9. The number of rotatable bonds is 6. The zero-order valence-electron chi connectivity index (χ0n) is 11.4. The Morgan fingerprint density at radius 1 is 1.39 bits per heavy atom. The minimum Gasteiger partial charge on any atom is -0.369 e. The van der Waals surface area contributed by atoms with Gasteiger partial charge in [0.05, 0.1) is 6.54 Å². The van der Waals surface area contributed by atoms with Gasteiger partial charge < -0.3 is 10.2 Å². The third-order valence-corrected chi connectivity index (χ3v) is 2.62. The highest BCUT2D eigenvalue weighted by Crippen LogP contribution is 2.20. The molecule has 1 heterocycles. The summed E-state index contributed by atoms with van der Waals surface area (Å²) in [5.41, 5.74) is 2.59. The number of hydrogen-bond acceptors (Lipinski definition) is 3. The van der Waals surface area contributed by atoms with Gasteiger partial charge in [0.1, 0.15) is 0 Å². The largest absolute Gasteiger partial charge is 0.369 e. The first-order valence-electron chi connectivity index (χ1n) is 6.08. The summed E-state index contributed by atoms with van der Waals surface area (Å²) in [5, 5.41) is 3.28. The lowest BCUT2D eigenvalue weighted by Crippen LogP contribution is -2.28. The molecule has 0 saturated heterocycles. The molecule has 0 bridgehead atoms. The van der Waals surface area contributed by atoms with Crippen LogP contribution in [0.4, 0.5) is 14.5 Å². The van der Waals surface area contributed by atoms with E-state index in [2.05, 4.69) is 10.3 Å². The van der Waals surface area contributed by atoms with E-state index in [1.54, 1.807) is 18.1 Å². The Balaban J connectivity index is 2.88. The summed E-state index contributed by atoms with van der Waals surface area (Å²) in [7, 11) is 1.68. The highest BCUT2D eigenvalue weighted by atomic mass is 19.3. The quantitative estimate of drug-likeness (QED) is 0.849. The standard InChI is InChI=1S/C13H21F2N3/c1-9(2)16-6-11-7-17-10(3)5-12(11)18(4)8-13(14)15/h5,7,9,13,16H,6,8H2,1-4H3. The predicted octanol–water partition coefficient (Wildman–Crippen LogP) is 2.59. The lowest BCUT2D eigenvalue weighted by atomic mass is 10.2. The Morgan fingerprint density at radius 3 is 2.61 bits per heavy atom. The van der Waals surface area contributed by atoms with Crippen molar-refractivity contribution in [2.75, 3.05) is 18.5 Å². The van der Waals surface area contributed by atoms with Gasteiger partial charge in [0.15, 0.2) is 0 Å². The molecular formula is C13H21F2N3. The minimum atomic E-state index is -2.34. The molecule has 1 aromatic rings. The predicted molar refractivity (Wildman–Crippen MR) is 70.2 cm³/mol. The molecule has 0 fully saturated rings. The summed E-state index contributed by atoms with van der Waals surface area (Å²) in [6.07, 6.45) is -0.587. The van der Waals surface area contributed by atoms with Crippen LogP contribution in [-0.2, 0) is 6.54 Å². The molecule has 1 rings (SSSR count). The van der Waals surface area contributed by atoms with Crippen LogP contribution in [0.3, 0.4) is 0 Å². The molecular weight excluding hydrogens is 236 g/mol. The number of pyridine rings is 1. The number of aryl methyl sites for hydroxylation is 1. The summed E-state index contributed by atoms with van der Waals surface area (Å²) in [6.45, 7) is 6.32. The van der Waals surface area contributed by atoms with E-state index in [4.69, 9.17) is 0 Å². The van der Waals surface area contributed by atoms with Gasteiger partial charge in [0, 0.05) is 42.8 Å². The first-order chi connectivity index (χ1) is 8.40. The molecule has 0 amide bonds. The first-order valence-corrected chi connectivity index (χ1v) is 6.08. The Kier molecular flexibility index (Phi) is 5.47. The molecule has 3 nitrogen and oxygen atoms in total. The first kappa shape index (κ1) is 14.8. The highest BCUT2D eigenvalue weighted by molar-refractivity contribution is 5.53. The maximum absolute atomic E-state index is 12.4. The van der Waals surface area contributed by atoms with Gasteiger partial charge in [-0.1, -0.05) is 13.8 Å². The lowest BCUT2D eigenvalue weighted by Gasteiger charge is -2.23. The van der Waals surface area contributed by atoms with Gasteiger partial charge in [-0.3, -0.25) is 4.98 Å². The fourth-order valence-corrected chi connectivity index (χ4v) is 1.68. The molecule has 0 aliphatic heterocycles. The normalized spacial score (nSPS) is 11.3. The zero-order valence-corrected chi connectivity index (χ0v) is 11.4. The van der Waals surface area contributed by atoms with E-state index in [1.807, 2.05) is 26.8 Å². The Bertz CT molecular complexity index is 380. The van der Waals surface area contributed by atoms with Crippen molar-refractivity contribution in [2.24, 2.45) is 0 Å². The van der Waals surface area contributed by atoms with E-state index >= 15 is 0 Å². The Morgan fingerprint density at radius 2 is 2.06 bits per heavy atom. The van der Waals surface area contributed by atoms with Crippen LogP contribution in [0.5, 0.6) is 0 Å². The van der Waals surface area contributed by atoms with Crippen LogP contribution in [0.1, 0.15) is 25.1 Å². The van der Waals surface area contributed by atoms with Crippen molar-refractivity contribution in [1.29, 1.82) is 0 Å². The summed E-state index contributed by atoms with van der Waals surface area (Å²) in [6, 6.07) is 2.19. The number of alkyl halides is 2. The third-order valence-electron chi connectivity index (χ3n) is 2.62. The molecule has 0 aliphatic carbocycles. The SMILES string of the molecule is Cc1cc(N(C)CC(F)F)c(CNC(C)C)cn1. The van der Waals surface area contributed by atoms with Crippen LogP contribution in [0, 0.1) is 6.92 Å². The molecule has 0 aliphatic rings. The number of halogens is 2. The molecule has 0 saturated carbocycles. The van der Waals surface area contributed by atoms with Crippen LogP contribution in [0.2, 0.25) is 0 Å². The number of nitrogens with zero attached hydrogens (tertiary/aromatic N) is 2. The highest BCUT2D eigenvalue weighted by Gasteiger charge is 2.13. The van der Waals surface area contributed by atoms with E-state index in [0.717, 1.165) is 16.9 Å². The van der Waals surface area contributed by atoms with Crippen LogP contribution >= 0.6 is 0 Å². The van der Waals surface area contributed by atoms with Gasteiger partial charge in [-0.15, -0.1) is 0 Å². The summed E-state index contributed by atoms with van der Waals surface area (Å²) in [4.78, 5) is 5.81. The number of nitrogens with one attached hydrogen (secondary N) is 1. The average molecular weight is 257 g/mol. The molecule has 0 spiro atoms. The van der Waals surface area contributed by atoms with Crippen molar-refractivity contribution in [3.05, 3.63) is 23.5 Å². The van der Waals surface area contributed by atoms with Crippen molar-refractivity contribution in [3.63, 3.8) is 0 Å².